The molecule has 2 heterocycles. The third-order valence-corrected chi connectivity index (χ3v) is 7.61. The highest BCUT2D eigenvalue weighted by molar-refractivity contribution is 7.89. The zero-order chi connectivity index (χ0) is 19.7. The van der Waals surface area contributed by atoms with Crippen LogP contribution in [0.1, 0.15) is 40.7 Å². The number of nitrogens with one attached hydrogen (secondary N) is 1. The van der Waals surface area contributed by atoms with Gasteiger partial charge in [-0.15, -0.1) is 11.3 Å². The molecule has 0 spiro atoms. The average molecular weight is 416 g/mol. The van der Waals surface area contributed by atoms with Gasteiger partial charge in [-0.3, -0.25) is 4.79 Å². The summed E-state index contributed by atoms with van der Waals surface area (Å²) in [5, 5.41) is 0.962. The van der Waals surface area contributed by atoms with Crippen molar-refractivity contribution in [2.45, 2.75) is 30.2 Å². The Balaban J connectivity index is 1.63. The Morgan fingerprint density at radius 2 is 1.89 bits per heavy atom. The van der Waals surface area contributed by atoms with Crippen molar-refractivity contribution in [2.24, 2.45) is 0 Å². The van der Waals surface area contributed by atoms with E-state index in [0.717, 1.165) is 34.5 Å². The van der Waals surface area contributed by atoms with Crippen molar-refractivity contribution < 1.29 is 13.2 Å². The van der Waals surface area contributed by atoms with Crippen molar-refractivity contribution >= 4 is 37.5 Å². The fourth-order valence-corrected chi connectivity index (χ4v) is 5.37. The molecule has 6 nitrogen and oxygen atoms in total. The summed E-state index contributed by atoms with van der Waals surface area (Å²) < 4.78 is 27.2. The fraction of sp³-hybridized carbons (Fsp3) is 0.300. The topological polar surface area (TPSA) is 79.4 Å². The van der Waals surface area contributed by atoms with Crippen LogP contribution in [-0.2, 0) is 10.0 Å². The molecule has 2 aromatic carbocycles. The second-order valence-electron chi connectivity index (χ2n) is 6.76. The lowest BCUT2D eigenvalue weighted by Crippen LogP contribution is -2.38. The van der Waals surface area contributed by atoms with E-state index in [1.54, 1.807) is 23.5 Å². The first-order valence-corrected chi connectivity index (χ1v) is 11.5. The smallest absolute Gasteiger partial charge is 0.254 e. The molecular weight excluding hydrogens is 394 g/mol. The van der Waals surface area contributed by atoms with Gasteiger partial charge in [0.25, 0.3) is 5.91 Å². The Bertz CT molecular complexity index is 1070. The van der Waals surface area contributed by atoms with Gasteiger partial charge in [-0.1, -0.05) is 12.1 Å². The molecule has 1 atom stereocenters. The van der Waals surface area contributed by atoms with Gasteiger partial charge in [0.2, 0.25) is 10.0 Å². The summed E-state index contributed by atoms with van der Waals surface area (Å²) in [5.41, 5.74) is 1.45. The van der Waals surface area contributed by atoms with Crippen molar-refractivity contribution in [3.05, 3.63) is 59.1 Å². The summed E-state index contributed by atoms with van der Waals surface area (Å²) in [6.07, 6.45) is 2.90. The maximum absolute atomic E-state index is 13.2. The van der Waals surface area contributed by atoms with Gasteiger partial charge < -0.3 is 4.90 Å². The molecule has 3 aromatic rings. The number of fused-ring (bicyclic) bond motifs is 1. The standard InChI is InChI=1S/C20H21N3O3S2/c1-21-28(25,26)15-11-9-14(10-12-15)20(24)23-13-5-4-7-17(23)19-22-16-6-2-3-8-18(16)27-19/h2-3,6,8-12,17,21H,4-5,7,13H2,1H3/t17-/m0/s1. The first-order valence-electron chi connectivity index (χ1n) is 9.19. The fourth-order valence-electron chi connectivity index (χ4n) is 3.52. The number of benzene rings is 2. The number of carbonyl (C=O) groups is 1. The van der Waals surface area contributed by atoms with Crippen molar-refractivity contribution in [2.75, 3.05) is 13.6 Å². The number of aromatic nitrogens is 1. The van der Waals surface area contributed by atoms with E-state index in [0.29, 0.717) is 12.1 Å². The van der Waals surface area contributed by atoms with Crippen LogP contribution in [0, 0.1) is 0 Å². The summed E-state index contributed by atoms with van der Waals surface area (Å²) in [6, 6.07) is 14.1. The van der Waals surface area contributed by atoms with E-state index in [1.165, 1.54) is 19.2 Å². The molecule has 0 bridgehead atoms. The summed E-state index contributed by atoms with van der Waals surface area (Å²) in [6.45, 7) is 0.677. The van der Waals surface area contributed by atoms with Crippen LogP contribution < -0.4 is 4.72 Å². The summed E-state index contributed by atoms with van der Waals surface area (Å²) in [5.74, 6) is -0.0858. The molecule has 146 valence electrons. The van der Waals surface area contributed by atoms with Gasteiger partial charge in [-0.25, -0.2) is 18.1 Å². The monoisotopic (exact) mass is 415 g/mol. The summed E-state index contributed by atoms with van der Waals surface area (Å²) in [7, 11) is -2.15. The quantitative estimate of drug-likeness (QED) is 0.706. The predicted molar refractivity (Wildman–Crippen MR) is 110 cm³/mol. The lowest BCUT2D eigenvalue weighted by atomic mass is 10.0. The Morgan fingerprint density at radius 1 is 1.14 bits per heavy atom. The van der Waals surface area contributed by atoms with Gasteiger partial charge in [0.15, 0.2) is 0 Å². The van der Waals surface area contributed by atoms with Crippen molar-refractivity contribution in [1.29, 1.82) is 0 Å². The van der Waals surface area contributed by atoms with Crippen LogP contribution in [0.5, 0.6) is 0 Å². The molecule has 0 radical (unpaired) electrons. The van der Waals surface area contributed by atoms with E-state index in [1.807, 2.05) is 29.2 Å². The number of thiazole rings is 1. The van der Waals surface area contributed by atoms with Crippen LogP contribution in [0.3, 0.4) is 0 Å². The average Bonchev–Trinajstić information content (AvgIpc) is 3.17. The predicted octanol–water partition coefficient (Wildman–Crippen LogP) is 3.57. The van der Waals surface area contributed by atoms with Gasteiger partial charge >= 0.3 is 0 Å². The molecule has 1 N–H and O–H groups in total. The normalized spacial score (nSPS) is 17.8. The highest BCUT2D eigenvalue weighted by Crippen LogP contribution is 2.36. The Labute approximate surface area is 168 Å². The van der Waals surface area contributed by atoms with E-state index in [4.69, 9.17) is 4.98 Å². The SMILES string of the molecule is CNS(=O)(=O)c1ccc(C(=O)N2CCCC[C@H]2c2nc3ccccc3s2)cc1. The molecule has 1 fully saturated rings. The number of rotatable bonds is 4. The van der Waals surface area contributed by atoms with Crippen LogP contribution in [0.15, 0.2) is 53.4 Å². The summed E-state index contributed by atoms with van der Waals surface area (Å²) >= 11 is 1.64. The Kier molecular flexibility index (Phi) is 5.18. The number of sulfonamides is 1. The number of hydrogen-bond acceptors (Lipinski definition) is 5. The number of para-hydroxylation sites is 1. The number of carbonyl (C=O) groups excluding carboxylic acids is 1. The van der Waals surface area contributed by atoms with E-state index in [-0.39, 0.29) is 16.8 Å². The molecular formula is C20H21N3O3S2. The van der Waals surface area contributed by atoms with Crippen molar-refractivity contribution in [3.63, 3.8) is 0 Å². The van der Waals surface area contributed by atoms with Crippen molar-refractivity contribution in [1.82, 2.24) is 14.6 Å². The second-order valence-corrected chi connectivity index (χ2v) is 9.71. The van der Waals surface area contributed by atoms with Crippen molar-refractivity contribution in [3.8, 4) is 0 Å². The van der Waals surface area contributed by atoms with E-state index < -0.39 is 10.0 Å². The minimum atomic E-state index is -3.52. The third-order valence-electron chi connectivity index (χ3n) is 5.04. The zero-order valence-electron chi connectivity index (χ0n) is 15.5. The first kappa shape index (κ1) is 19.0. The van der Waals surface area contributed by atoms with Gasteiger partial charge in [0.05, 0.1) is 21.2 Å². The number of piperidine rings is 1. The van der Waals surface area contributed by atoms with Gasteiger partial charge in [0.1, 0.15) is 5.01 Å². The van der Waals surface area contributed by atoms with Crippen LogP contribution in [0.25, 0.3) is 10.2 Å². The van der Waals surface area contributed by atoms with Crippen LogP contribution in [-0.4, -0.2) is 37.8 Å². The highest BCUT2D eigenvalue weighted by atomic mass is 32.2. The molecule has 0 saturated carbocycles. The van der Waals surface area contributed by atoms with Crippen LogP contribution >= 0.6 is 11.3 Å². The zero-order valence-corrected chi connectivity index (χ0v) is 17.1. The summed E-state index contributed by atoms with van der Waals surface area (Å²) in [4.78, 5) is 19.9. The number of nitrogens with zero attached hydrogens (tertiary/aromatic N) is 2. The lowest BCUT2D eigenvalue weighted by molar-refractivity contribution is 0.0611. The Morgan fingerprint density at radius 3 is 2.61 bits per heavy atom. The van der Waals surface area contributed by atoms with E-state index in [9.17, 15) is 13.2 Å². The molecule has 4 rings (SSSR count). The second kappa shape index (κ2) is 7.62. The first-order chi connectivity index (χ1) is 13.5. The molecule has 1 aliphatic rings. The van der Waals surface area contributed by atoms with Crippen LogP contribution in [0.2, 0.25) is 0 Å². The maximum atomic E-state index is 13.2. The lowest BCUT2D eigenvalue weighted by Gasteiger charge is -2.34. The number of amides is 1. The van der Waals surface area contributed by atoms with Crippen LogP contribution in [0.4, 0.5) is 0 Å². The van der Waals surface area contributed by atoms with E-state index in [2.05, 4.69) is 4.72 Å². The minimum Gasteiger partial charge on any atom is -0.329 e. The molecule has 0 unspecified atom stereocenters. The molecule has 1 aromatic heterocycles. The highest BCUT2D eigenvalue weighted by Gasteiger charge is 2.31. The molecule has 28 heavy (non-hydrogen) atoms. The molecule has 1 amide bonds. The maximum Gasteiger partial charge on any atom is 0.254 e. The van der Waals surface area contributed by atoms with Gasteiger partial charge in [-0.05, 0) is 62.7 Å². The molecule has 8 heteroatoms. The Hall–Kier alpha value is -2.29. The molecule has 0 aliphatic carbocycles. The molecule has 1 aliphatic heterocycles. The number of likely N-dealkylation sites (tertiary alicyclic amines) is 1. The van der Waals surface area contributed by atoms with Gasteiger partial charge in [0, 0.05) is 12.1 Å². The van der Waals surface area contributed by atoms with Gasteiger partial charge in [-0.2, -0.15) is 0 Å². The third kappa shape index (κ3) is 3.55. The van der Waals surface area contributed by atoms with E-state index >= 15 is 0 Å². The largest absolute Gasteiger partial charge is 0.329 e. The number of hydrogen-bond donors (Lipinski definition) is 1. The molecule has 1 saturated heterocycles. The minimum absolute atomic E-state index is 0.0423.